The number of hydrogen-bond acceptors (Lipinski definition) is 3. The number of carbonyl (C=O) groups excluding carboxylic acids is 1. The van der Waals surface area contributed by atoms with Crippen molar-refractivity contribution in [3.05, 3.63) is 12.2 Å². The Morgan fingerprint density at radius 1 is 1.38 bits per heavy atom. The average molecular weight is 226 g/mol. The molecule has 1 N–H and O–H groups in total. The molecule has 16 heavy (non-hydrogen) atoms. The summed E-state index contributed by atoms with van der Waals surface area (Å²) in [5.41, 5.74) is -0.263. The zero-order valence-electron chi connectivity index (χ0n) is 10.1. The molecule has 90 valence electrons. The molecule has 2 unspecified atom stereocenters. The van der Waals surface area contributed by atoms with Crippen molar-refractivity contribution < 1.29 is 19.4 Å². The molecule has 1 rings (SSSR count). The zero-order chi connectivity index (χ0) is 12.5. The molecule has 1 saturated carbocycles. The second-order valence-electron chi connectivity index (χ2n) is 5.01. The highest BCUT2D eigenvalue weighted by Crippen LogP contribution is 2.58. The number of esters is 1. The normalized spacial score (nSPS) is 27.1. The maximum atomic E-state index is 11.2. The fourth-order valence-corrected chi connectivity index (χ4v) is 1.96. The smallest absolute Gasteiger partial charge is 0.330 e. The summed E-state index contributed by atoms with van der Waals surface area (Å²) in [4.78, 5) is 22.1. The highest BCUT2D eigenvalue weighted by molar-refractivity contribution is 5.83. The molecule has 0 aromatic carbocycles. The lowest BCUT2D eigenvalue weighted by molar-refractivity contribution is -0.142. The van der Waals surface area contributed by atoms with E-state index in [1.807, 2.05) is 13.8 Å². The van der Waals surface area contributed by atoms with Crippen molar-refractivity contribution in [2.45, 2.75) is 33.8 Å². The molecule has 0 bridgehead atoms. The third-order valence-electron chi connectivity index (χ3n) is 2.97. The Morgan fingerprint density at radius 3 is 2.31 bits per heavy atom. The summed E-state index contributed by atoms with van der Waals surface area (Å²) < 4.78 is 4.92. The van der Waals surface area contributed by atoms with Gasteiger partial charge in [-0.05, 0) is 25.2 Å². The van der Waals surface area contributed by atoms with Gasteiger partial charge < -0.3 is 9.84 Å². The predicted octanol–water partition coefficient (Wildman–Crippen LogP) is 1.85. The van der Waals surface area contributed by atoms with Crippen LogP contribution >= 0.6 is 0 Å². The van der Waals surface area contributed by atoms with Gasteiger partial charge in [0.1, 0.15) is 0 Å². The van der Waals surface area contributed by atoms with Crippen molar-refractivity contribution in [2.75, 3.05) is 0 Å². The van der Waals surface area contributed by atoms with Gasteiger partial charge in [-0.15, -0.1) is 0 Å². The van der Waals surface area contributed by atoms with Gasteiger partial charge in [0.15, 0.2) is 0 Å². The van der Waals surface area contributed by atoms with E-state index in [1.165, 1.54) is 6.08 Å². The topological polar surface area (TPSA) is 63.6 Å². The lowest BCUT2D eigenvalue weighted by Crippen LogP contribution is -2.08. The summed E-state index contributed by atoms with van der Waals surface area (Å²) in [6.45, 7) is 7.31. The molecular formula is C12H18O4. The molecule has 0 amide bonds. The summed E-state index contributed by atoms with van der Waals surface area (Å²) in [6, 6.07) is 0. The molecular weight excluding hydrogens is 208 g/mol. The van der Waals surface area contributed by atoms with Crippen LogP contribution in [0.4, 0.5) is 0 Å². The van der Waals surface area contributed by atoms with Crippen molar-refractivity contribution in [1.82, 2.24) is 0 Å². The minimum Gasteiger partial charge on any atom is -0.481 e. The van der Waals surface area contributed by atoms with Gasteiger partial charge in [-0.25, -0.2) is 4.79 Å². The van der Waals surface area contributed by atoms with Crippen LogP contribution in [-0.2, 0) is 14.3 Å². The molecule has 0 spiro atoms. The summed E-state index contributed by atoms with van der Waals surface area (Å²) in [5, 5.41) is 8.92. The Labute approximate surface area is 95.3 Å². The molecule has 0 saturated heterocycles. The van der Waals surface area contributed by atoms with Crippen molar-refractivity contribution in [3.63, 3.8) is 0 Å². The van der Waals surface area contributed by atoms with E-state index in [2.05, 4.69) is 0 Å². The van der Waals surface area contributed by atoms with Crippen molar-refractivity contribution in [3.8, 4) is 0 Å². The fourth-order valence-electron chi connectivity index (χ4n) is 1.96. The summed E-state index contributed by atoms with van der Waals surface area (Å²) in [7, 11) is 0. The maximum absolute atomic E-state index is 11.2. The molecule has 2 atom stereocenters. The molecule has 4 heteroatoms. The third kappa shape index (κ3) is 2.62. The van der Waals surface area contributed by atoms with E-state index in [1.54, 1.807) is 19.9 Å². The van der Waals surface area contributed by atoms with E-state index in [4.69, 9.17) is 9.84 Å². The number of carbonyl (C=O) groups is 2. The van der Waals surface area contributed by atoms with Crippen LogP contribution < -0.4 is 0 Å². The number of allylic oxidation sites excluding steroid dienone is 1. The predicted molar refractivity (Wildman–Crippen MR) is 58.8 cm³/mol. The quantitative estimate of drug-likeness (QED) is 0.587. The number of ether oxygens (including phenoxy) is 1. The van der Waals surface area contributed by atoms with Crippen molar-refractivity contribution >= 4 is 11.9 Å². The number of hydrogen-bond donors (Lipinski definition) is 1. The Kier molecular flexibility index (Phi) is 3.41. The number of carboxylic acids is 1. The minimum atomic E-state index is -0.808. The second kappa shape index (κ2) is 4.28. The number of rotatable bonds is 4. The van der Waals surface area contributed by atoms with Gasteiger partial charge >= 0.3 is 11.9 Å². The molecule has 0 radical (unpaired) electrons. The lowest BCUT2D eigenvalue weighted by Gasteiger charge is -2.03. The van der Waals surface area contributed by atoms with Crippen LogP contribution in [0.25, 0.3) is 0 Å². The first-order valence-electron chi connectivity index (χ1n) is 5.38. The van der Waals surface area contributed by atoms with Gasteiger partial charge in [-0.1, -0.05) is 19.9 Å². The highest BCUT2D eigenvalue weighted by Gasteiger charge is 2.60. The Bertz CT molecular complexity index is 328. The van der Waals surface area contributed by atoms with Crippen molar-refractivity contribution in [1.29, 1.82) is 0 Å². The molecule has 0 heterocycles. The average Bonchev–Trinajstić information content (AvgIpc) is 2.63. The third-order valence-corrected chi connectivity index (χ3v) is 2.97. The fraction of sp³-hybridized carbons (Fsp3) is 0.667. The standard InChI is InChI=1S/C12H18O4/c1-7(2)16-9(13)6-5-8-10(11(14)15)12(8,3)4/h5-8,10H,1-4H3,(H,14,15)/b6-5-. The van der Waals surface area contributed by atoms with Crippen LogP contribution in [0.1, 0.15) is 27.7 Å². The van der Waals surface area contributed by atoms with Crippen LogP contribution in [0.3, 0.4) is 0 Å². The van der Waals surface area contributed by atoms with E-state index in [0.29, 0.717) is 0 Å². The second-order valence-corrected chi connectivity index (χ2v) is 5.01. The lowest BCUT2D eigenvalue weighted by atomic mass is 10.1. The number of aliphatic carboxylic acids is 1. The summed E-state index contributed by atoms with van der Waals surface area (Å²) >= 11 is 0. The first-order valence-corrected chi connectivity index (χ1v) is 5.38. The minimum absolute atomic E-state index is 0.0790. The molecule has 4 nitrogen and oxygen atoms in total. The van der Waals surface area contributed by atoms with Crippen LogP contribution in [0.5, 0.6) is 0 Å². The number of carboxylic acid groups (broad SMARTS) is 1. The molecule has 1 aliphatic carbocycles. The Balaban J connectivity index is 2.54. The van der Waals surface area contributed by atoms with E-state index >= 15 is 0 Å². The maximum Gasteiger partial charge on any atom is 0.330 e. The molecule has 1 fully saturated rings. The molecule has 0 aromatic rings. The zero-order valence-corrected chi connectivity index (χ0v) is 10.1. The van der Waals surface area contributed by atoms with E-state index in [-0.39, 0.29) is 17.4 Å². The van der Waals surface area contributed by atoms with Crippen molar-refractivity contribution in [2.24, 2.45) is 17.3 Å². The molecule has 0 aliphatic heterocycles. The van der Waals surface area contributed by atoms with Gasteiger partial charge in [0.2, 0.25) is 0 Å². The Morgan fingerprint density at radius 2 is 1.94 bits per heavy atom. The van der Waals surface area contributed by atoms with E-state index < -0.39 is 17.9 Å². The highest BCUT2D eigenvalue weighted by atomic mass is 16.5. The van der Waals surface area contributed by atoms with Crippen LogP contribution in [0, 0.1) is 17.3 Å². The van der Waals surface area contributed by atoms with Crippen LogP contribution in [0.15, 0.2) is 12.2 Å². The SMILES string of the molecule is CC(C)OC(=O)/C=C\C1C(C(=O)O)C1(C)C. The van der Waals surface area contributed by atoms with E-state index in [0.717, 1.165) is 0 Å². The molecule has 0 aromatic heterocycles. The summed E-state index contributed by atoms with van der Waals surface area (Å²) in [5.74, 6) is -1.70. The Hall–Kier alpha value is -1.32. The summed E-state index contributed by atoms with van der Waals surface area (Å²) in [6.07, 6.45) is 2.82. The monoisotopic (exact) mass is 226 g/mol. The van der Waals surface area contributed by atoms with Gasteiger partial charge in [0.25, 0.3) is 0 Å². The van der Waals surface area contributed by atoms with Gasteiger partial charge in [0.05, 0.1) is 12.0 Å². The molecule has 1 aliphatic rings. The first kappa shape index (κ1) is 12.7. The van der Waals surface area contributed by atoms with Gasteiger partial charge in [-0.2, -0.15) is 0 Å². The van der Waals surface area contributed by atoms with Gasteiger partial charge in [-0.3, -0.25) is 4.79 Å². The van der Waals surface area contributed by atoms with Gasteiger partial charge in [0, 0.05) is 6.08 Å². The first-order chi connectivity index (χ1) is 7.26. The van der Waals surface area contributed by atoms with Crippen LogP contribution in [-0.4, -0.2) is 23.1 Å². The van der Waals surface area contributed by atoms with E-state index in [9.17, 15) is 9.59 Å². The largest absolute Gasteiger partial charge is 0.481 e. The van der Waals surface area contributed by atoms with Crippen LogP contribution in [0.2, 0.25) is 0 Å².